The van der Waals surface area contributed by atoms with Crippen molar-refractivity contribution >= 4 is 11.0 Å². The molecule has 2 N–H and O–H groups in total. The molecule has 1 atom stereocenters. The second-order valence-corrected chi connectivity index (χ2v) is 5.87. The molecular formula is C17H22FNO2. The fourth-order valence-electron chi connectivity index (χ4n) is 3.43. The maximum atomic E-state index is 13.3. The normalized spacial score (nSPS) is 19.8. The molecule has 1 unspecified atom stereocenters. The van der Waals surface area contributed by atoms with Crippen LogP contribution >= 0.6 is 0 Å². The third-order valence-corrected chi connectivity index (χ3v) is 4.50. The second-order valence-electron chi connectivity index (χ2n) is 5.87. The first kappa shape index (κ1) is 14.5. The van der Waals surface area contributed by atoms with Crippen LogP contribution in [0.3, 0.4) is 0 Å². The summed E-state index contributed by atoms with van der Waals surface area (Å²) < 4.78 is 25.2. The monoisotopic (exact) mass is 291 g/mol. The molecule has 1 aliphatic carbocycles. The first-order valence-electron chi connectivity index (χ1n) is 7.73. The number of halogens is 1. The van der Waals surface area contributed by atoms with Crippen molar-refractivity contribution in [3.05, 3.63) is 35.8 Å². The Morgan fingerprint density at radius 1 is 1.29 bits per heavy atom. The quantitative estimate of drug-likeness (QED) is 0.913. The Bertz CT molecular complexity index is 611. The van der Waals surface area contributed by atoms with Crippen LogP contribution in [-0.4, -0.2) is 12.2 Å². The van der Waals surface area contributed by atoms with Crippen LogP contribution in [0.15, 0.2) is 28.7 Å². The highest BCUT2D eigenvalue weighted by Gasteiger charge is 2.41. The van der Waals surface area contributed by atoms with Gasteiger partial charge in [-0.05, 0) is 44.0 Å². The maximum absolute atomic E-state index is 13.3. The van der Waals surface area contributed by atoms with E-state index < -0.39 is 0 Å². The summed E-state index contributed by atoms with van der Waals surface area (Å²) in [7, 11) is 0. The molecular weight excluding hydrogens is 269 g/mol. The van der Waals surface area contributed by atoms with Crippen molar-refractivity contribution in [3.8, 4) is 0 Å². The number of hydrogen-bond donors (Lipinski definition) is 1. The van der Waals surface area contributed by atoms with E-state index in [1.807, 2.05) is 13.0 Å². The Labute approximate surface area is 124 Å². The number of hydrogen-bond acceptors (Lipinski definition) is 3. The largest absolute Gasteiger partial charge is 0.459 e. The molecule has 0 radical (unpaired) electrons. The lowest BCUT2D eigenvalue weighted by Crippen LogP contribution is -2.45. The second kappa shape index (κ2) is 5.78. The van der Waals surface area contributed by atoms with Crippen molar-refractivity contribution < 1.29 is 13.5 Å². The van der Waals surface area contributed by atoms with Gasteiger partial charge in [0.15, 0.2) is 0 Å². The van der Waals surface area contributed by atoms with Crippen molar-refractivity contribution in [2.45, 2.75) is 50.7 Å². The molecule has 4 heteroatoms. The first-order chi connectivity index (χ1) is 10.1. The Balaban J connectivity index is 1.95. The maximum Gasteiger partial charge on any atom is 0.134 e. The van der Waals surface area contributed by atoms with Crippen LogP contribution in [0.2, 0.25) is 0 Å². The lowest BCUT2D eigenvalue weighted by atomic mass is 9.78. The van der Waals surface area contributed by atoms with Gasteiger partial charge < -0.3 is 14.9 Å². The Hall–Kier alpha value is -1.39. The average molecular weight is 291 g/mol. The van der Waals surface area contributed by atoms with Gasteiger partial charge in [0.25, 0.3) is 0 Å². The molecule has 1 fully saturated rings. The standard InChI is InChI=1S/C17H22FNO2/c1-2-20-17(8-4-3-5-9-17)16(19)15-11-12-10-13(18)6-7-14(12)21-15/h6-7,10-11,16H,2-5,8-9,19H2,1H3. The highest BCUT2D eigenvalue weighted by Crippen LogP contribution is 2.41. The third-order valence-electron chi connectivity index (χ3n) is 4.50. The summed E-state index contributed by atoms with van der Waals surface area (Å²) in [6.45, 7) is 2.64. The van der Waals surface area contributed by atoms with Crippen molar-refractivity contribution in [2.24, 2.45) is 5.73 Å². The fraction of sp³-hybridized carbons (Fsp3) is 0.529. The number of furan rings is 1. The Kier molecular flexibility index (Phi) is 4.00. The van der Waals surface area contributed by atoms with Crippen molar-refractivity contribution in [2.75, 3.05) is 6.61 Å². The van der Waals surface area contributed by atoms with Crippen molar-refractivity contribution in [1.29, 1.82) is 0 Å². The molecule has 0 spiro atoms. The van der Waals surface area contributed by atoms with Crippen molar-refractivity contribution in [1.82, 2.24) is 0 Å². The predicted octanol–water partition coefficient (Wildman–Crippen LogP) is 4.31. The number of fused-ring (bicyclic) bond motifs is 1. The van der Waals surface area contributed by atoms with Gasteiger partial charge in [-0.2, -0.15) is 0 Å². The third kappa shape index (κ3) is 2.70. The molecule has 3 nitrogen and oxygen atoms in total. The molecule has 114 valence electrons. The van der Waals surface area contributed by atoms with Crippen LogP contribution in [0.4, 0.5) is 4.39 Å². The van der Waals surface area contributed by atoms with Crippen LogP contribution in [0.5, 0.6) is 0 Å². The van der Waals surface area contributed by atoms with Gasteiger partial charge in [0, 0.05) is 12.0 Å². The summed E-state index contributed by atoms with van der Waals surface area (Å²) in [5.74, 6) is 0.423. The molecule has 1 saturated carbocycles. The minimum atomic E-state index is -0.348. The predicted molar refractivity (Wildman–Crippen MR) is 80.5 cm³/mol. The number of ether oxygens (including phenoxy) is 1. The van der Waals surface area contributed by atoms with Gasteiger partial charge in [-0.1, -0.05) is 19.3 Å². The van der Waals surface area contributed by atoms with E-state index in [4.69, 9.17) is 14.9 Å². The molecule has 21 heavy (non-hydrogen) atoms. The summed E-state index contributed by atoms with van der Waals surface area (Å²) in [4.78, 5) is 0. The molecule has 1 aliphatic rings. The number of nitrogens with two attached hydrogens (primary N) is 1. The highest BCUT2D eigenvalue weighted by atomic mass is 19.1. The van der Waals surface area contributed by atoms with Crippen LogP contribution < -0.4 is 5.73 Å². The van der Waals surface area contributed by atoms with Gasteiger partial charge in [0.1, 0.15) is 17.2 Å². The van der Waals surface area contributed by atoms with Gasteiger partial charge in [0.2, 0.25) is 0 Å². The summed E-state index contributed by atoms with van der Waals surface area (Å²) in [5.41, 5.74) is 6.80. The van der Waals surface area contributed by atoms with Crippen LogP contribution in [-0.2, 0) is 4.74 Å². The lowest BCUT2D eigenvalue weighted by molar-refractivity contribution is -0.0864. The Morgan fingerprint density at radius 2 is 2.05 bits per heavy atom. The van der Waals surface area contributed by atoms with E-state index in [1.54, 1.807) is 6.07 Å². The van der Waals surface area contributed by atoms with Crippen LogP contribution in [0.1, 0.15) is 50.8 Å². The first-order valence-corrected chi connectivity index (χ1v) is 7.73. The molecule has 0 bridgehead atoms. The molecule has 2 aromatic rings. The van der Waals surface area contributed by atoms with Crippen LogP contribution in [0, 0.1) is 5.82 Å². The molecule has 3 rings (SSSR count). The average Bonchev–Trinajstić information content (AvgIpc) is 2.90. The van der Waals surface area contributed by atoms with Gasteiger partial charge in [-0.15, -0.1) is 0 Å². The van der Waals surface area contributed by atoms with E-state index in [0.717, 1.165) is 31.1 Å². The van der Waals surface area contributed by atoms with E-state index in [0.29, 0.717) is 18.0 Å². The topological polar surface area (TPSA) is 48.4 Å². The van der Waals surface area contributed by atoms with Gasteiger partial charge in [0.05, 0.1) is 11.6 Å². The van der Waals surface area contributed by atoms with Gasteiger partial charge in [-0.25, -0.2) is 4.39 Å². The van der Waals surface area contributed by atoms with E-state index in [1.165, 1.54) is 18.6 Å². The number of benzene rings is 1. The van der Waals surface area contributed by atoms with E-state index in [9.17, 15) is 4.39 Å². The molecule has 1 aromatic carbocycles. The van der Waals surface area contributed by atoms with E-state index >= 15 is 0 Å². The zero-order valence-electron chi connectivity index (χ0n) is 12.4. The minimum absolute atomic E-state index is 0.263. The molecule has 0 saturated heterocycles. The molecule has 0 aliphatic heterocycles. The van der Waals surface area contributed by atoms with Gasteiger partial charge >= 0.3 is 0 Å². The molecule has 1 aromatic heterocycles. The zero-order chi connectivity index (χ0) is 14.9. The summed E-state index contributed by atoms with van der Waals surface area (Å²) >= 11 is 0. The van der Waals surface area contributed by atoms with Crippen LogP contribution in [0.25, 0.3) is 11.0 Å². The van der Waals surface area contributed by atoms with E-state index in [2.05, 4.69) is 0 Å². The summed E-state index contributed by atoms with van der Waals surface area (Å²) in [5, 5.41) is 0.753. The SMILES string of the molecule is CCOC1(C(N)c2cc3cc(F)ccc3o2)CCCCC1. The molecule has 0 amide bonds. The number of rotatable bonds is 4. The van der Waals surface area contributed by atoms with Gasteiger partial charge in [-0.3, -0.25) is 0 Å². The zero-order valence-corrected chi connectivity index (χ0v) is 12.4. The minimum Gasteiger partial charge on any atom is -0.459 e. The highest BCUT2D eigenvalue weighted by molar-refractivity contribution is 5.78. The lowest BCUT2D eigenvalue weighted by Gasteiger charge is -2.40. The molecule has 1 heterocycles. The fourth-order valence-corrected chi connectivity index (χ4v) is 3.43. The smallest absolute Gasteiger partial charge is 0.134 e. The Morgan fingerprint density at radius 3 is 2.76 bits per heavy atom. The van der Waals surface area contributed by atoms with E-state index in [-0.39, 0.29) is 17.5 Å². The summed E-state index contributed by atoms with van der Waals surface area (Å²) in [6, 6.07) is 6.06. The van der Waals surface area contributed by atoms with Crippen molar-refractivity contribution in [3.63, 3.8) is 0 Å². The summed E-state index contributed by atoms with van der Waals surface area (Å²) in [6.07, 6.45) is 5.39.